The summed E-state index contributed by atoms with van der Waals surface area (Å²) < 4.78 is 42.5. The second-order valence-corrected chi connectivity index (χ2v) is 5.11. The molecule has 7 heteroatoms. The summed E-state index contributed by atoms with van der Waals surface area (Å²) in [5.41, 5.74) is -3.20. The molecule has 0 spiro atoms. The lowest BCUT2D eigenvalue weighted by molar-refractivity contribution is -0.246. The number of alkyl halides is 3. The van der Waals surface area contributed by atoms with Gasteiger partial charge < -0.3 is 14.4 Å². The van der Waals surface area contributed by atoms with Gasteiger partial charge in [-0.05, 0) is 20.8 Å². The molecule has 98 valence electrons. The average Bonchev–Trinajstić information content (AvgIpc) is 1.95. The molecule has 1 rings (SSSR count). The second kappa shape index (κ2) is 3.89. The molecule has 0 aromatic heterocycles. The van der Waals surface area contributed by atoms with Crippen LogP contribution < -0.4 is 0 Å². The van der Waals surface area contributed by atoms with E-state index in [-0.39, 0.29) is 6.29 Å². The van der Waals surface area contributed by atoms with Gasteiger partial charge in [-0.1, -0.05) is 0 Å². The predicted molar refractivity (Wildman–Crippen MR) is 52.4 cm³/mol. The Balaban J connectivity index is 2.62. The summed E-state index contributed by atoms with van der Waals surface area (Å²) in [4.78, 5) is 22.8. The number of amides is 1. The molecule has 1 heterocycles. The summed E-state index contributed by atoms with van der Waals surface area (Å²) in [6, 6.07) is 0. The van der Waals surface area contributed by atoms with Crippen LogP contribution in [0.15, 0.2) is 0 Å². The number of halogens is 3. The van der Waals surface area contributed by atoms with Crippen LogP contribution in [-0.2, 0) is 9.53 Å². The van der Waals surface area contributed by atoms with Crippen LogP contribution in [0.3, 0.4) is 0 Å². The Hall–Kier alpha value is -1.27. The van der Waals surface area contributed by atoms with Crippen molar-refractivity contribution < 1.29 is 27.5 Å². The molecule has 1 fully saturated rings. The lowest BCUT2D eigenvalue weighted by Crippen LogP contribution is -2.66. The van der Waals surface area contributed by atoms with E-state index < -0.39 is 36.4 Å². The molecule has 0 aromatic carbocycles. The van der Waals surface area contributed by atoms with Gasteiger partial charge in [-0.15, -0.1) is 0 Å². The summed E-state index contributed by atoms with van der Waals surface area (Å²) in [6.07, 6.45) is -5.61. The van der Waals surface area contributed by atoms with E-state index in [4.69, 9.17) is 4.74 Å². The summed E-state index contributed by atoms with van der Waals surface area (Å²) in [6.45, 7) is 3.49. The van der Waals surface area contributed by atoms with Crippen LogP contribution in [0.2, 0.25) is 0 Å². The van der Waals surface area contributed by atoms with Gasteiger partial charge in [-0.3, -0.25) is 0 Å². The van der Waals surface area contributed by atoms with E-state index in [9.17, 15) is 22.8 Å². The Morgan fingerprint density at radius 2 is 1.76 bits per heavy atom. The molecule has 1 aliphatic rings. The first kappa shape index (κ1) is 13.8. The molecule has 0 N–H and O–H groups in total. The highest BCUT2D eigenvalue weighted by molar-refractivity contribution is 5.74. The molecule has 0 saturated carbocycles. The first-order chi connectivity index (χ1) is 7.51. The van der Waals surface area contributed by atoms with E-state index in [2.05, 4.69) is 0 Å². The fourth-order valence-electron chi connectivity index (χ4n) is 1.41. The maximum atomic E-state index is 12.5. The number of carbonyl (C=O) groups is 2. The summed E-state index contributed by atoms with van der Waals surface area (Å²) in [5, 5.41) is 0. The van der Waals surface area contributed by atoms with Crippen LogP contribution in [0.25, 0.3) is 0 Å². The number of rotatable bonds is 1. The molecular weight excluding hydrogens is 239 g/mol. The smallest absolute Gasteiger partial charge is 0.410 e. The minimum Gasteiger partial charge on any atom is -0.444 e. The second-order valence-electron chi connectivity index (χ2n) is 5.11. The molecule has 0 atom stereocenters. The van der Waals surface area contributed by atoms with E-state index >= 15 is 0 Å². The van der Waals surface area contributed by atoms with Crippen molar-refractivity contribution in [2.24, 2.45) is 5.41 Å². The van der Waals surface area contributed by atoms with Gasteiger partial charge in [-0.2, -0.15) is 13.2 Å². The molecule has 0 aliphatic carbocycles. The molecular formula is C10H14F3NO3. The van der Waals surface area contributed by atoms with Crippen molar-refractivity contribution in [2.75, 3.05) is 13.1 Å². The van der Waals surface area contributed by atoms with Crippen LogP contribution >= 0.6 is 0 Å². The van der Waals surface area contributed by atoms with Crippen molar-refractivity contribution in [3.8, 4) is 0 Å². The lowest BCUT2D eigenvalue weighted by Gasteiger charge is -2.46. The summed E-state index contributed by atoms with van der Waals surface area (Å²) in [7, 11) is 0. The largest absolute Gasteiger partial charge is 0.444 e. The van der Waals surface area contributed by atoms with Crippen LogP contribution in [0, 0.1) is 5.41 Å². The Morgan fingerprint density at radius 1 is 1.29 bits per heavy atom. The third-order valence-electron chi connectivity index (χ3n) is 2.39. The van der Waals surface area contributed by atoms with Crippen molar-refractivity contribution in [1.82, 2.24) is 4.90 Å². The molecule has 1 aliphatic heterocycles. The summed E-state index contributed by atoms with van der Waals surface area (Å²) >= 11 is 0. The predicted octanol–water partition coefficient (Wildman–Crippen LogP) is 1.98. The Kier molecular flexibility index (Phi) is 3.15. The normalized spacial score (nSPS) is 19.5. The van der Waals surface area contributed by atoms with Gasteiger partial charge in [0, 0.05) is 13.1 Å². The number of ether oxygens (including phenoxy) is 1. The highest BCUT2D eigenvalue weighted by atomic mass is 19.4. The number of nitrogens with zero attached hydrogens (tertiary/aromatic N) is 1. The molecule has 4 nitrogen and oxygen atoms in total. The Bertz CT molecular complexity index is 327. The van der Waals surface area contributed by atoms with Crippen molar-refractivity contribution in [3.05, 3.63) is 0 Å². The van der Waals surface area contributed by atoms with Crippen LogP contribution in [-0.4, -0.2) is 42.1 Å². The van der Waals surface area contributed by atoms with Crippen molar-refractivity contribution in [3.63, 3.8) is 0 Å². The molecule has 0 aromatic rings. The van der Waals surface area contributed by atoms with Crippen molar-refractivity contribution in [1.29, 1.82) is 0 Å². The van der Waals surface area contributed by atoms with E-state index in [0.717, 1.165) is 4.90 Å². The molecule has 0 bridgehead atoms. The number of carbonyl (C=O) groups excluding carboxylic acids is 2. The number of likely N-dealkylation sites (tertiary alicyclic amines) is 1. The SMILES string of the molecule is CC(C)(C)OC(=O)N1CC(C=O)(C(F)(F)F)C1. The standard InChI is InChI=1S/C10H14F3NO3/c1-8(2,3)17-7(16)14-4-9(5-14,6-15)10(11,12)13/h6H,4-5H2,1-3H3. The van der Waals surface area contributed by atoms with Crippen molar-refractivity contribution in [2.45, 2.75) is 32.5 Å². The van der Waals surface area contributed by atoms with Crippen LogP contribution in [0.1, 0.15) is 20.8 Å². The number of aldehydes is 1. The third-order valence-corrected chi connectivity index (χ3v) is 2.39. The number of hydrogen-bond acceptors (Lipinski definition) is 3. The zero-order valence-corrected chi connectivity index (χ0v) is 9.80. The maximum Gasteiger partial charge on any atom is 0.410 e. The minimum absolute atomic E-state index is 0.145. The van der Waals surface area contributed by atoms with Crippen LogP contribution in [0.5, 0.6) is 0 Å². The van der Waals surface area contributed by atoms with Gasteiger partial charge in [0.05, 0.1) is 0 Å². The van der Waals surface area contributed by atoms with Gasteiger partial charge in [0.2, 0.25) is 0 Å². The fraction of sp³-hybridized carbons (Fsp3) is 0.800. The van der Waals surface area contributed by atoms with Gasteiger partial charge in [0.25, 0.3) is 0 Å². The van der Waals surface area contributed by atoms with E-state index in [1.807, 2.05) is 0 Å². The first-order valence-corrected chi connectivity index (χ1v) is 5.02. The van der Waals surface area contributed by atoms with Gasteiger partial charge >= 0.3 is 12.3 Å². The highest BCUT2D eigenvalue weighted by Crippen LogP contribution is 2.44. The van der Waals surface area contributed by atoms with E-state index in [1.54, 1.807) is 20.8 Å². The zero-order valence-electron chi connectivity index (χ0n) is 9.80. The fourth-order valence-corrected chi connectivity index (χ4v) is 1.41. The average molecular weight is 253 g/mol. The van der Waals surface area contributed by atoms with E-state index in [1.165, 1.54) is 0 Å². The molecule has 0 radical (unpaired) electrons. The monoisotopic (exact) mass is 253 g/mol. The quantitative estimate of drug-likeness (QED) is 0.671. The van der Waals surface area contributed by atoms with Crippen LogP contribution in [0.4, 0.5) is 18.0 Å². The first-order valence-electron chi connectivity index (χ1n) is 5.02. The Labute approximate surface area is 96.7 Å². The molecule has 1 amide bonds. The third kappa shape index (κ3) is 2.70. The highest BCUT2D eigenvalue weighted by Gasteiger charge is 2.63. The lowest BCUT2D eigenvalue weighted by atomic mass is 9.81. The molecule has 0 unspecified atom stereocenters. The molecule has 17 heavy (non-hydrogen) atoms. The van der Waals surface area contributed by atoms with Gasteiger partial charge in [0.15, 0.2) is 5.41 Å². The maximum absolute atomic E-state index is 12.5. The topological polar surface area (TPSA) is 46.6 Å². The van der Waals surface area contributed by atoms with Crippen molar-refractivity contribution >= 4 is 12.4 Å². The van der Waals surface area contributed by atoms with Gasteiger partial charge in [-0.25, -0.2) is 4.79 Å². The van der Waals surface area contributed by atoms with Gasteiger partial charge in [0.1, 0.15) is 11.9 Å². The zero-order chi connectivity index (χ0) is 13.5. The molecule has 1 saturated heterocycles. The Morgan fingerprint density at radius 3 is 2.06 bits per heavy atom. The van der Waals surface area contributed by atoms with E-state index in [0.29, 0.717) is 0 Å². The summed E-state index contributed by atoms with van der Waals surface area (Å²) in [5.74, 6) is 0. The number of hydrogen-bond donors (Lipinski definition) is 0. The minimum atomic E-state index is -4.63.